The molecule has 0 spiro atoms. The summed E-state index contributed by atoms with van der Waals surface area (Å²) in [5.41, 5.74) is 6.76. The summed E-state index contributed by atoms with van der Waals surface area (Å²) in [6.07, 6.45) is 0.516. The van der Waals surface area contributed by atoms with Crippen molar-refractivity contribution in [2.75, 3.05) is 39.4 Å². The molecule has 1 aliphatic rings. The molecule has 0 radical (unpaired) electrons. The molecule has 0 aliphatic carbocycles. The van der Waals surface area contributed by atoms with Gasteiger partial charge in [-0.2, -0.15) is 0 Å². The number of aryl methyl sites for hydroxylation is 1. The van der Waals surface area contributed by atoms with Crippen LogP contribution in [0.1, 0.15) is 17.5 Å². The molecule has 0 saturated carbocycles. The van der Waals surface area contributed by atoms with Gasteiger partial charge in [-0.1, -0.05) is 29.8 Å². The van der Waals surface area contributed by atoms with Gasteiger partial charge in [0.05, 0.1) is 13.2 Å². The average Bonchev–Trinajstić information content (AvgIpc) is 2.50. The van der Waals surface area contributed by atoms with Crippen LogP contribution in [0, 0.1) is 6.92 Å². The Balaban J connectivity index is 2.16. The average molecular weight is 292 g/mol. The van der Waals surface area contributed by atoms with Crippen molar-refractivity contribution in [1.82, 2.24) is 4.90 Å². The lowest BCUT2D eigenvalue weighted by molar-refractivity contribution is -0.144. The van der Waals surface area contributed by atoms with E-state index >= 15 is 0 Å². The number of nitrogens with zero attached hydrogens (tertiary/aromatic N) is 1. The SMILES string of the molecule is Cc1ccc(C(CN)(CCN2CCOCC2)C(=O)O)cc1. The van der Waals surface area contributed by atoms with E-state index in [1.54, 1.807) is 0 Å². The molecule has 0 amide bonds. The summed E-state index contributed by atoms with van der Waals surface area (Å²) in [6.45, 7) is 5.96. The minimum absolute atomic E-state index is 0.107. The Hall–Kier alpha value is -1.43. The highest BCUT2D eigenvalue weighted by molar-refractivity contribution is 5.81. The molecule has 116 valence electrons. The van der Waals surface area contributed by atoms with Crippen LogP contribution in [0.25, 0.3) is 0 Å². The van der Waals surface area contributed by atoms with E-state index < -0.39 is 11.4 Å². The third kappa shape index (κ3) is 3.61. The third-order valence-electron chi connectivity index (χ3n) is 4.32. The Morgan fingerprint density at radius 1 is 1.33 bits per heavy atom. The zero-order valence-corrected chi connectivity index (χ0v) is 12.5. The molecular formula is C16H24N2O3. The Bertz CT molecular complexity index is 469. The first-order valence-corrected chi connectivity index (χ1v) is 7.39. The minimum atomic E-state index is -1.01. The molecule has 0 bridgehead atoms. The van der Waals surface area contributed by atoms with Crippen molar-refractivity contribution in [3.8, 4) is 0 Å². The fourth-order valence-corrected chi connectivity index (χ4v) is 2.73. The second kappa shape index (κ2) is 7.02. The number of aliphatic carboxylic acids is 1. The minimum Gasteiger partial charge on any atom is -0.481 e. The van der Waals surface area contributed by atoms with E-state index in [2.05, 4.69) is 4.90 Å². The molecule has 1 aliphatic heterocycles. The number of ether oxygens (including phenoxy) is 1. The van der Waals surface area contributed by atoms with Crippen LogP contribution >= 0.6 is 0 Å². The third-order valence-corrected chi connectivity index (χ3v) is 4.32. The predicted molar refractivity (Wildman–Crippen MR) is 81.4 cm³/mol. The van der Waals surface area contributed by atoms with E-state index in [1.807, 2.05) is 31.2 Å². The number of hydrogen-bond acceptors (Lipinski definition) is 4. The highest BCUT2D eigenvalue weighted by Crippen LogP contribution is 2.28. The summed E-state index contributed by atoms with van der Waals surface area (Å²) in [6, 6.07) is 7.65. The van der Waals surface area contributed by atoms with Crippen LogP contribution in [-0.2, 0) is 14.9 Å². The van der Waals surface area contributed by atoms with Crippen LogP contribution in [0.15, 0.2) is 24.3 Å². The number of morpholine rings is 1. The van der Waals surface area contributed by atoms with Crippen LogP contribution in [0.3, 0.4) is 0 Å². The smallest absolute Gasteiger partial charge is 0.315 e. The van der Waals surface area contributed by atoms with E-state index in [1.165, 1.54) is 0 Å². The Morgan fingerprint density at radius 2 is 1.95 bits per heavy atom. The van der Waals surface area contributed by atoms with E-state index in [4.69, 9.17) is 10.5 Å². The summed E-state index contributed by atoms with van der Waals surface area (Å²) in [5, 5.41) is 9.75. The van der Waals surface area contributed by atoms with Gasteiger partial charge in [0.1, 0.15) is 5.41 Å². The summed E-state index contributed by atoms with van der Waals surface area (Å²) < 4.78 is 5.32. The molecule has 1 atom stereocenters. The number of carboxylic acids is 1. The maximum absolute atomic E-state index is 11.9. The number of carboxylic acid groups (broad SMARTS) is 1. The van der Waals surface area contributed by atoms with Gasteiger partial charge in [0, 0.05) is 19.6 Å². The van der Waals surface area contributed by atoms with Gasteiger partial charge in [-0.15, -0.1) is 0 Å². The monoisotopic (exact) mass is 292 g/mol. The lowest BCUT2D eigenvalue weighted by Gasteiger charge is -2.33. The molecule has 1 aromatic carbocycles. The largest absolute Gasteiger partial charge is 0.481 e. The van der Waals surface area contributed by atoms with Gasteiger partial charge in [-0.3, -0.25) is 9.69 Å². The maximum atomic E-state index is 11.9. The standard InChI is InChI=1S/C16H24N2O3/c1-13-2-4-14(5-3-13)16(12-17,15(19)20)6-7-18-8-10-21-11-9-18/h2-5H,6-12,17H2,1H3,(H,19,20). The zero-order valence-electron chi connectivity index (χ0n) is 12.5. The first kappa shape index (κ1) is 15.9. The first-order valence-electron chi connectivity index (χ1n) is 7.39. The Kier molecular flexibility index (Phi) is 5.33. The molecular weight excluding hydrogens is 268 g/mol. The number of rotatable bonds is 6. The lowest BCUT2D eigenvalue weighted by Crippen LogP contribution is -2.47. The lowest BCUT2D eigenvalue weighted by atomic mass is 9.77. The maximum Gasteiger partial charge on any atom is 0.315 e. The predicted octanol–water partition coefficient (Wildman–Crippen LogP) is 0.998. The summed E-state index contributed by atoms with van der Waals surface area (Å²) in [7, 11) is 0. The Morgan fingerprint density at radius 3 is 2.48 bits per heavy atom. The molecule has 2 rings (SSSR count). The molecule has 5 heteroatoms. The molecule has 1 saturated heterocycles. The molecule has 1 unspecified atom stereocenters. The quantitative estimate of drug-likeness (QED) is 0.818. The van der Waals surface area contributed by atoms with Crippen molar-refractivity contribution in [2.45, 2.75) is 18.8 Å². The van der Waals surface area contributed by atoms with E-state index in [-0.39, 0.29) is 6.54 Å². The van der Waals surface area contributed by atoms with Gasteiger partial charge < -0.3 is 15.6 Å². The molecule has 1 aromatic rings. The van der Waals surface area contributed by atoms with Crippen LogP contribution in [-0.4, -0.2) is 55.4 Å². The number of hydrogen-bond donors (Lipinski definition) is 2. The second-order valence-electron chi connectivity index (χ2n) is 5.66. The van der Waals surface area contributed by atoms with Gasteiger partial charge in [0.25, 0.3) is 0 Å². The number of carbonyl (C=O) groups is 1. The normalized spacial score (nSPS) is 19.1. The van der Waals surface area contributed by atoms with Crippen molar-refractivity contribution in [3.05, 3.63) is 35.4 Å². The summed E-state index contributed by atoms with van der Waals surface area (Å²) in [4.78, 5) is 14.1. The fourth-order valence-electron chi connectivity index (χ4n) is 2.73. The van der Waals surface area contributed by atoms with E-state index in [9.17, 15) is 9.90 Å². The van der Waals surface area contributed by atoms with Crippen LogP contribution in [0.5, 0.6) is 0 Å². The molecule has 1 fully saturated rings. The first-order chi connectivity index (χ1) is 10.1. The van der Waals surface area contributed by atoms with Crippen molar-refractivity contribution in [1.29, 1.82) is 0 Å². The Labute approximate surface area is 125 Å². The molecule has 21 heavy (non-hydrogen) atoms. The van der Waals surface area contributed by atoms with Gasteiger partial charge in [0.2, 0.25) is 0 Å². The highest BCUT2D eigenvalue weighted by Gasteiger charge is 2.39. The van der Waals surface area contributed by atoms with Gasteiger partial charge in [0.15, 0.2) is 0 Å². The number of nitrogens with two attached hydrogens (primary N) is 1. The van der Waals surface area contributed by atoms with Gasteiger partial charge in [-0.05, 0) is 25.5 Å². The van der Waals surface area contributed by atoms with Crippen LogP contribution in [0.4, 0.5) is 0 Å². The zero-order chi connectivity index (χ0) is 15.3. The highest BCUT2D eigenvalue weighted by atomic mass is 16.5. The van der Waals surface area contributed by atoms with E-state index in [0.717, 1.165) is 30.8 Å². The fraction of sp³-hybridized carbons (Fsp3) is 0.562. The van der Waals surface area contributed by atoms with Crippen molar-refractivity contribution in [2.24, 2.45) is 5.73 Å². The molecule has 0 aromatic heterocycles. The summed E-state index contributed by atoms with van der Waals surface area (Å²) >= 11 is 0. The molecule has 1 heterocycles. The van der Waals surface area contributed by atoms with Crippen molar-refractivity contribution >= 4 is 5.97 Å². The molecule has 3 N–H and O–H groups in total. The second-order valence-corrected chi connectivity index (χ2v) is 5.66. The van der Waals surface area contributed by atoms with Crippen LogP contribution in [0.2, 0.25) is 0 Å². The van der Waals surface area contributed by atoms with Crippen molar-refractivity contribution in [3.63, 3.8) is 0 Å². The van der Waals surface area contributed by atoms with Gasteiger partial charge in [-0.25, -0.2) is 0 Å². The van der Waals surface area contributed by atoms with E-state index in [0.29, 0.717) is 19.6 Å². The topological polar surface area (TPSA) is 75.8 Å². The van der Waals surface area contributed by atoms with Crippen molar-refractivity contribution < 1.29 is 14.6 Å². The van der Waals surface area contributed by atoms with Crippen LogP contribution < -0.4 is 5.73 Å². The summed E-state index contributed by atoms with van der Waals surface area (Å²) in [5.74, 6) is -0.845. The van der Waals surface area contributed by atoms with Gasteiger partial charge >= 0.3 is 5.97 Å². The molecule has 5 nitrogen and oxygen atoms in total. The number of benzene rings is 1.